The zero-order valence-electron chi connectivity index (χ0n) is 20.0. The number of hydrogen-bond acceptors (Lipinski definition) is 4. The lowest BCUT2D eigenvalue weighted by Gasteiger charge is -2.28. The zero-order valence-corrected chi connectivity index (χ0v) is 20.0. The fourth-order valence-electron chi connectivity index (χ4n) is 5.49. The molecular weight excluding hydrogens is 444 g/mol. The maximum atomic E-state index is 13.3. The van der Waals surface area contributed by atoms with Gasteiger partial charge in [-0.05, 0) is 55.9 Å². The van der Waals surface area contributed by atoms with Crippen molar-refractivity contribution in [2.24, 2.45) is 11.8 Å². The van der Waals surface area contributed by atoms with E-state index in [4.69, 9.17) is 9.84 Å². The highest BCUT2D eigenvalue weighted by Crippen LogP contribution is 2.45. The number of amides is 2. The van der Waals surface area contributed by atoms with Gasteiger partial charge in [-0.2, -0.15) is 0 Å². The van der Waals surface area contributed by atoms with Crippen molar-refractivity contribution in [3.8, 4) is 0 Å². The Morgan fingerprint density at radius 1 is 0.829 bits per heavy atom. The van der Waals surface area contributed by atoms with E-state index in [1.165, 1.54) is 4.90 Å². The minimum atomic E-state index is -0.741. The Bertz CT molecular complexity index is 957. The number of fused-ring (bicyclic) bond motifs is 2. The van der Waals surface area contributed by atoms with E-state index in [1.54, 1.807) is 0 Å². The fraction of sp³-hybridized carbons (Fsp3) is 0.464. The molecule has 2 heterocycles. The standard InChI is InChI=1S/C28H34N2O5/c31-26(32)16-10-2-1-9-15-22-23(25-18-17-24(22)35-25)19-29-27(33)28(34)30(20-11-5-3-6-12-20)21-13-7-4-8-14-21/h3-8,11-14,22-25H,1-2,9-10,15-19H2,(H,29,33)(H,31,32). The molecule has 0 radical (unpaired) electrons. The first-order valence-corrected chi connectivity index (χ1v) is 12.6. The first kappa shape index (κ1) is 24.9. The molecule has 4 unspecified atom stereocenters. The molecule has 2 aliphatic heterocycles. The molecule has 7 heteroatoms. The smallest absolute Gasteiger partial charge is 0.320 e. The number of benzene rings is 2. The summed E-state index contributed by atoms with van der Waals surface area (Å²) in [4.78, 5) is 38.4. The Morgan fingerprint density at radius 2 is 1.40 bits per heavy atom. The highest BCUT2D eigenvalue weighted by molar-refractivity contribution is 6.42. The second kappa shape index (κ2) is 12.0. The van der Waals surface area contributed by atoms with Crippen LogP contribution in [0.25, 0.3) is 0 Å². The van der Waals surface area contributed by atoms with Crippen molar-refractivity contribution in [3.63, 3.8) is 0 Å². The molecule has 0 saturated carbocycles. The largest absolute Gasteiger partial charge is 0.481 e. The number of anilines is 2. The number of carboxylic acids is 1. The van der Waals surface area contributed by atoms with Gasteiger partial charge < -0.3 is 15.2 Å². The SMILES string of the molecule is O=C(O)CCCCCCC1C2CCC(O2)C1CNC(=O)C(=O)N(c1ccccc1)c1ccccc1. The van der Waals surface area contributed by atoms with Crippen molar-refractivity contribution in [2.75, 3.05) is 11.4 Å². The van der Waals surface area contributed by atoms with Crippen LogP contribution in [0.4, 0.5) is 11.4 Å². The summed E-state index contributed by atoms with van der Waals surface area (Å²) in [5.41, 5.74) is 1.28. The number of aliphatic carboxylic acids is 1. The number of carboxylic acid groups (broad SMARTS) is 1. The molecule has 4 atom stereocenters. The first-order chi connectivity index (χ1) is 17.0. The lowest BCUT2D eigenvalue weighted by Crippen LogP contribution is -2.45. The van der Waals surface area contributed by atoms with Crippen molar-refractivity contribution in [1.29, 1.82) is 0 Å². The van der Waals surface area contributed by atoms with Crippen LogP contribution in [0.15, 0.2) is 60.7 Å². The van der Waals surface area contributed by atoms with Crippen molar-refractivity contribution >= 4 is 29.2 Å². The summed E-state index contributed by atoms with van der Waals surface area (Å²) < 4.78 is 6.16. The van der Waals surface area contributed by atoms with Crippen LogP contribution in [0.3, 0.4) is 0 Å². The van der Waals surface area contributed by atoms with E-state index in [-0.39, 0.29) is 24.5 Å². The maximum Gasteiger partial charge on any atom is 0.320 e. The third kappa shape index (κ3) is 6.28. The molecule has 2 saturated heterocycles. The minimum Gasteiger partial charge on any atom is -0.481 e. The first-order valence-electron chi connectivity index (χ1n) is 12.6. The van der Waals surface area contributed by atoms with E-state index < -0.39 is 17.8 Å². The number of hydrogen-bond donors (Lipinski definition) is 2. The monoisotopic (exact) mass is 478 g/mol. The van der Waals surface area contributed by atoms with Crippen LogP contribution < -0.4 is 10.2 Å². The van der Waals surface area contributed by atoms with Crippen molar-refractivity contribution in [3.05, 3.63) is 60.7 Å². The Morgan fingerprint density at radius 3 is 2.00 bits per heavy atom. The maximum absolute atomic E-state index is 13.3. The van der Waals surface area contributed by atoms with Crippen LogP contribution in [0.1, 0.15) is 51.4 Å². The number of para-hydroxylation sites is 2. The molecule has 2 aliphatic rings. The summed E-state index contributed by atoms with van der Waals surface area (Å²) in [6.45, 7) is 0.423. The topological polar surface area (TPSA) is 95.9 Å². The fourth-order valence-corrected chi connectivity index (χ4v) is 5.49. The summed E-state index contributed by atoms with van der Waals surface area (Å²) in [5, 5.41) is 11.7. The van der Waals surface area contributed by atoms with Gasteiger partial charge in [-0.25, -0.2) is 0 Å². The van der Waals surface area contributed by atoms with Crippen molar-refractivity contribution < 1.29 is 24.2 Å². The Kier molecular flexibility index (Phi) is 8.53. The molecule has 2 aromatic rings. The number of unbranched alkanes of at least 4 members (excludes halogenated alkanes) is 3. The van der Waals surface area contributed by atoms with Crippen molar-refractivity contribution in [1.82, 2.24) is 5.32 Å². The van der Waals surface area contributed by atoms with Gasteiger partial charge in [0, 0.05) is 30.3 Å². The highest BCUT2D eigenvalue weighted by atomic mass is 16.5. The molecule has 2 aromatic carbocycles. The molecule has 7 nitrogen and oxygen atoms in total. The zero-order chi connectivity index (χ0) is 24.6. The van der Waals surface area contributed by atoms with Crippen LogP contribution in [-0.4, -0.2) is 41.6 Å². The van der Waals surface area contributed by atoms with Crippen LogP contribution in [0.5, 0.6) is 0 Å². The molecular formula is C28H34N2O5. The molecule has 2 N–H and O–H groups in total. The average molecular weight is 479 g/mol. The molecule has 0 spiro atoms. The van der Waals surface area contributed by atoms with E-state index in [2.05, 4.69) is 5.32 Å². The van der Waals surface area contributed by atoms with Gasteiger partial charge in [-0.3, -0.25) is 19.3 Å². The van der Waals surface area contributed by atoms with E-state index in [0.29, 0.717) is 30.3 Å². The molecule has 2 amide bonds. The van der Waals surface area contributed by atoms with Gasteiger partial charge in [-0.1, -0.05) is 55.7 Å². The molecule has 0 aromatic heterocycles. The van der Waals surface area contributed by atoms with Crippen LogP contribution in [0.2, 0.25) is 0 Å². The summed E-state index contributed by atoms with van der Waals surface area (Å²) in [6, 6.07) is 18.4. The average Bonchev–Trinajstić information content (AvgIpc) is 3.48. The lowest BCUT2D eigenvalue weighted by atomic mass is 9.76. The normalized spacial score (nSPS) is 22.6. The molecule has 2 bridgehead atoms. The van der Waals surface area contributed by atoms with Crippen LogP contribution >= 0.6 is 0 Å². The summed E-state index contributed by atoms with van der Waals surface area (Å²) in [6.07, 6.45) is 7.28. The van der Waals surface area contributed by atoms with Crippen LogP contribution in [-0.2, 0) is 19.1 Å². The quantitative estimate of drug-likeness (QED) is 0.361. The molecule has 186 valence electrons. The number of carbonyl (C=O) groups excluding carboxylic acids is 2. The van der Waals surface area contributed by atoms with Gasteiger partial charge >= 0.3 is 17.8 Å². The van der Waals surface area contributed by atoms with E-state index in [1.807, 2.05) is 60.7 Å². The Hall–Kier alpha value is -3.19. The van der Waals surface area contributed by atoms with Gasteiger partial charge in [0.2, 0.25) is 0 Å². The molecule has 35 heavy (non-hydrogen) atoms. The minimum absolute atomic E-state index is 0.131. The van der Waals surface area contributed by atoms with Crippen molar-refractivity contribution in [2.45, 2.75) is 63.6 Å². The second-order valence-corrected chi connectivity index (χ2v) is 9.49. The number of rotatable bonds is 11. The van der Waals surface area contributed by atoms with E-state index in [0.717, 1.165) is 38.5 Å². The van der Waals surface area contributed by atoms with Gasteiger partial charge in [0.15, 0.2) is 0 Å². The number of nitrogens with one attached hydrogen (secondary N) is 1. The molecule has 0 aliphatic carbocycles. The van der Waals surface area contributed by atoms with Gasteiger partial charge in [0.05, 0.1) is 12.2 Å². The Labute approximate surface area is 206 Å². The van der Waals surface area contributed by atoms with Gasteiger partial charge in [0.1, 0.15) is 0 Å². The number of ether oxygens (including phenoxy) is 1. The highest BCUT2D eigenvalue weighted by Gasteiger charge is 2.48. The third-order valence-electron chi connectivity index (χ3n) is 7.19. The number of nitrogens with zero attached hydrogens (tertiary/aromatic N) is 1. The second-order valence-electron chi connectivity index (χ2n) is 9.49. The lowest BCUT2D eigenvalue weighted by molar-refractivity contribution is -0.137. The van der Waals surface area contributed by atoms with E-state index >= 15 is 0 Å². The third-order valence-corrected chi connectivity index (χ3v) is 7.19. The number of carbonyl (C=O) groups is 3. The summed E-state index contributed by atoms with van der Waals surface area (Å²) >= 11 is 0. The van der Waals surface area contributed by atoms with Crippen LogP contribution in [0, 0.1) is 11.8 Å². The molecule has 4 rings (SSSR count). The van der Waals surface area contributed by atoms with Gasteiger partial charge in [0.25, 0.3) is 0 Å². The predicted molar refractivity (Wildman–Crippen MR) is 133 cm³/mol. The van der Waals surface area contributed by atoms with Gasteiger partial charge in [-0.15, -0.1) is 0 Å². The van der Waals surface area contributed by atoms with E-state index in [9.17, 15) is 14.4 Å². The summed E-state index contributed by atoms with van der Waals surface area (Å²) in [5.74, 6) is -1.40. The predicted octanol–water partition coefficient (Wildman–Crippen LogP) is 4.69. The summed E-state index contributed by atoms with van der Waals surface area (Å²) in [7, 11) is 0. The Balaban J connectivity index is 1.34. The molecule has 2 fully saturated rings.